The van der Waals surface area contributed by atoms with Crippen molar-refractivity contribution in [2.75, 3.05) is 20.3 Å². The van der Waals surface area contributed by atoms with Gasteiger partial charge in [0.2, 0.25) is 0 Å². The number of ether oxygens (including phenoxy) is 2. The lowest BCUT2D eigenvalue weighted by Crippen LogP contribution is -2.47. The Morgan fingerprint density at radius 1 is 1.26 bits per heavy atom. The molecular formula is C26H29BrF3N3O2. The maximum atomic E-state index is 15.5. The van der Waals surface area contributed by atoms with Crippen LogP contribution in [-0.2, 0) is 11.2 Å². The Bertz CT molecular complexity index is 1240. The predicted octanol–water partition coefficient (Wildman–Crippen LogP) is 6.64. The third-order valence-corrected chi connectivity index (χ3v) is 7.52. The number of nitrogens with zero attached hydrogens (tertiary/aromatic N) is 3. The van der Waals surface area contributed by atoms with Gasteiger partial charge in [0.1, 0.15) is 11.6 Å². The fourth-order valence-electron chi connectivity index (χ4n) is 5.56. The van der Waals surface area contributed by atoms with E-state index in [0.29, 0.717) is 23.2 Å². The Balaban J connectivity index is 1.70. The number of hydrogen-bond acceptors (Lipinski definition) is 4. The molecule has 5 rings (SSSR count). The van der Waals surface area contributed by atoms with Gasteiger partial charge in [-0.15, -0.1) is 0 Å². The van der Waals surface area contributed by atoms with Gasteiger partial charge in [0, 0.05) is 29.4 Å². The summed E-state index contributed by atoms with van der Waals surface area (Å²) in [6.45, 7) is 3.03. The molecule has 1 aromatic heterocycles. The Kier molecular flexibility index (Phi) is 6.61. The van der Waals surface area contributed by atoms with Crippen LogP contribution < -0.4 is 4.74 Å². The van der Waals surface area contributed by atoms with Crippen molar-refractivity contribution in [2.24, 2.45) is 0 Å². The lowest BCUT2D eigenvalue weighted by Gasteiger charge is -2.43. The fraction of sp³-hybridized carbons (Fsp3) is 0.500. The molecule has 3 aromatic rings. The molecule has 0 spiro atoms. The topological polar surface area (TPSA) is 39.5 Å². The first-order valence-corrected chi connectivity index (χ1v) is 12.7. The number of halogens is 4. The molecule has 1 unspecified atom stereocenters. The van der Waals surface area contributed by atoms with E-state index in [4.69, 9.17) is 9.47 Å². The molecule has 0 amide bonds. The Hall–Kier alpha value is -2.10. The summed E-state index contributed by atoms with van der Waals surface area (Å²) in [5, 5.41) is 5.60. The van der Waals surface area contributed by atoms with Gasteiger partial charge < -0.3 is 9.47 Å². The molecule has 2 aromatic carbocycles. The number of alkyl halides is 2. The highest BCUT2D eigenvalue weighted by atomic mass is 79.9. The van der Waals surface area contributed by atoms with Crippen molar-refractivity contribution in [3.63, 3.8) is 0 Å². The fourth-order valence-corrected chi connectivity index (χ4v) is 5.96. The summed E-state index contributed by atoms with van der Waals surface area (Å²) in [7, 11) is 1.47. The molecule has 35 heavy (non-hydrogen) atoms. The van der Waals surface area contributed by atoms with Crippen LogP contribution in [0.3, 0.4) is 0 Å². The molecule has 0 aliphatic carbocycles. The smallest absolute Gasteiger partial charge is 0.257 e. The number of aromatic nitrogens is 2. The van der Waals surface area contributed by atoms with Crippen molar-refractivity contribution in [3.8, 4) is 5.75 Å². The second-order valence-electron chi connectivity index (χ2n) is 9.68. The number of methoxy groups -OCH3 is 1. The SMILES string of the molecule is COc1cc(Br)cc(F)c1[C@@H]1c2ccc3c(cnn3C3CCCCO3)c2C[C@@H](C)N1CC(C)(F)F. The maximum Gasteiger partial charge on any atom is 0.257 e. The third-order valence-electron chi connectivity index (χ3n) is 7.06. The molecule has 0 bridgehead atoms. The van der Waals surface area contributed by atoms with Gasteiger partial charge in [0.15, 0.2) is 6.23 Å². The van der Waals surface area contributed by atoms with E-state index in [1.54, 1.807) is 11.0 Å². The van der Waals surface area contributed by atoms with Gasteiger partial charge in [-0.25, -0.2) is 17.9 Å². The van der Waals surface area contributed by atoms with E-state index < -0.39 is 24.3 Å². The molecule has 0 N–H and O–H groups in total. The summed E-state index contributed by atoms with van der Waals surface area (Å²) in [4.78, 5) is 1.69. The van der Waals surface area contributed by atoms with E-state index in [1.807, 2.05) is 29.9 Å². The molecule has 188 valence electrons. The molecular weight excluding hydrogens is 523 g/mol. The van der Waals surface area contributed by atoms with Crippen molar-refractivity contribution >= 4 is 26.8 Å². The minimum absolute atomic E-state index is 0.115. The highest BCUT2D eigenvalue weighted by molar-refractivity contribution is 9.10. The first-order valence-electron chi connectivity index (χ1n) is 11.9. The van der Waals surface area contributed by atoms with Gasteiger partial charge in [0.25, 0.3) is 5.92 Å². The lowest BCUT2D eigenvalue weighted by atomic mass is 9.82. The van der Waals surface area contributed by atoms with E-state index in [2.05, 4.69) is 21.0 Å². The van der Waals surface area contributed by atoms with Crippen LogP contribution in [0.1, 0.15) is 62.1 Å². The van der Waals surface area contributed by atoms with E-state index in [1.165, 1.54) is 13.2 Å². The zero-order chi connectivity index (χ0) is 24.9. The Morgan fingerprint density at radius 3 is 2.74 bits per heavy atom. The molecule has 0 radical (unpaired) electrons. The molecule has 2 aliphatic heterocycles. The first kappa shape index (κ1) is 24.6. The minimum atomic E-state index is -2.95. The molecule has 2 aliphatic rings. The second-order valence-corrected chi connectivity index (χ2v) is 10.6. The van der Waals surface area contributed by atoms with Crippen LogP contribution in [0.15, 0.2) is 34.9 Å². The van der Waals surface area contributed by atoms with Crippen molar-refractivity contribution in [3.05, 3.63) is 57.4 Å². The number of rotatable bonds is 5. The molecule has 5 nitrogen and oxygen atoms in total. The molecule has 1 saturated heterocycles. The highest BCUT2D eigenvalue weighted by Crippen LogP contribution is 2.46. The quantitative estimate of drug-likeness (QED) is 0.356. The largest absolute Gasteiger partial charge is 0.496 e. The van der Waals surface area contributed by atoms with E-state index in [9.17, 15) is 8.78 Å². The number of fused-ring (bicyclic) bond motifs is 3. The molecule has 3 heterocycles. The summed E-state index contributed by atoms with van der Waals surface area (Å²) >= 11 is 3.32. The average Bonchev–Trinajstić information content (AvgIpc) is 3.24. The van der Waals surface area contributed by atoms with Crippen molar-refractivity contribution in [2.45, 2.75) is 63.8 Å². The highest BCUT2D eigenvalue weighted by Gasteiger charge is 2.41. The van der Waals surface area contributed by atoms with Gasteiger partial charge in [0.05, 0.1) is 37.0 Å². The minimum Gasteiger partial charge on any atom is -0.496 e. The summed E-state index contributed by atoms with van der Waals surface area (Å²) in [6.07, 6.45) is 5.29. The summed E-state index contributed by atoms with van der Waals surface area (Å²) in [6, 6.07) is 5.92. The Labute approximate surface area is 211 Å². The predicted molar refractivity (Wildman–Crippen MR) is 132 cm³/mol. The second kappa shape index (κ2) is 9.41. The molecule has 1 fully saturated rings. The van der Waals surface area contributed by atoms with Gasteiger partial charge >= 0.3 is 0 Å². The van der Waals surface area contributed by atoms with Crippen LogP contribution in [0.5, 0.6) is 5.75 Å². The molecule has 0 saturated carbocycles. The average molecular weight is 552 g/mol. The summed E-state index contributed by atoms with van der Waals surface area (Å²) < 4.78 is 58.2. The summed E-state index contributed by atoms with van der Waals surface area (Å²) in [5.74, 6) is -3.13. The standard InChI is InChI=1S/C26H29BrF3N3O2/c1-15-10-18-17(7-8-21-19(18)13-31-33(21)23-6-4-5-9-35-23)25(32(15)14-26(2,29)30)24-20(28)11-16(27)12-22(24)34-3/h7-8,11-13,15,23,25H,4-6,9-10,14H2,1-3H3/t15-,23?,25+/m1/s1. The first-order chi connectivity index (χ1) is 16.7. The number of benzene rings is 2. The van der Waals surface area contributed by atoms with Crippen LogP contribution in [0.25, 0.3) is 10.9 Å². The van der Waals surface area contributed by atoms with Crippen LogP contribution in [0.4, 0.5) is 13.2 Å². The third kappa shape index (κ3) is 4.58. The van der Waals surface area contributed by atoms with Gasteiger partial charge in [-0.1, -0.05) is 22.0 Å². The van der Waals surface area contributed by atoms with Crippen molar-refractivity contribution < 1.29 is 22.6 Å². The lowest BCUT2D eigenvalue weighted by molar-refractivity contribution is -0.0373. The van der Waals surface area contributed by atoms with E-state index in [0.717, 1.165) is 48.2 Å². The van der Waals surface area contributed by atoms with E-state index >= 15 is 4.39 Å². The summed E-state index contributed by atoms with van der Waals surface area (Å²) in [5.41, 5.74) is 3.00. The maximum absolute atomic E-state index is 15.5. The van der Waals surface area contributed by atoms with Gasteiger partial charge in [-0.05, 0) is 61.9 Å². The van der Waals surface area contributed by atoms with Crippen molar-refractivity contribution in [1.29, 1.82) is 0 Å². The van der Waals surface area contributed by atoms with E-state index in [-0.39, 0.29) is 17.8 Å². The number of hydrogen-bond donors (Lipinski definition) is 0. The monoisotopic (exact) mass is 551 g/mol. The van der Waals surface area contributed by atoms with Crippen LogP contribution in [0, 0.1) is 5.82 Å². The van der Waals surface area contributed by atoms with Gasteiger partial charge in [-0.2, -0.15) is 5.10 Å². The Morgan fingerprint density at radius 2 is 2.06 bits per heavy atom. The van der Waals surface area contributed by atoms with Crippen LogP contribution in [0.2, 0.25) is 0 Å². The molecule has 3 atom stereocenters. The normalized spacial score (nSPS) is 23.5. The zero-order valence-corrected chi connectivity index (χ0v) is 21.6. The zero-order valence-electron chi connectivity index (χ0n) is 20.0. The van der Waals surface area contributed by atoms with Crippen LogP contribution >= 0.6 is 15.9 Å². The molecule has 9 heteroatoms. The van der Waals surface area contributed by atoms with Crippen LogP contribution in [-0.4, -0.2) is 46.9 Å². The van der Waals surface area contributed by atoms with Crippen molar-refractivity contribution in [1.82, 2.24) is 14.7 Å². The van der Waals surface area contributed by atoms with Gasteiger partial charge in [-0.3, -0.25) is 4.90 Å².